The summed E-state index contributed by atoms with van der Waals surface area (Å²) >= 11 is 0. The summed E-state index contributed by atoms with van der Waals surface area (Å²) in [4.78, 5) is 11.3. The van der Waals surface area contributed by atoms with Crippen LogP contribution in [0.2, 0.25) is 0 Å². The molecule has 0 bridgehead atoms. The summed E-state index contributed by atoms with van der Waals surface area (Å²) in [7, 11) is 0. The molecule has 2 aliphatic rings. The third-order valence-electron chi connectivity index (χ3n) is 3.30. The highest BCUT2D eigenvalue weighted by molar-refractivity contribution is 5.83. The average molecular weight is 233 g/mol. The van der Waals surface area contributed by atoms with E-state index in [0.717, 1.165) is 29.7 Å². The zero-order chi connectivity index (χ0) is 12.0. The molecular formula is C13H15NO3. The molecule has 1 heterocycles. The first-order valence-corrected chi connectivity index (χ1v) is 5.95. The van der Waals surface area contributed by atoms with Crippen LogP contribution in [-0.2, 0) is 24.1 Å². The lowest BCUT2D eigenvalue weighted by Gasteiger charge is -2.13. The van der Waals surface area contributed by atoms with Crippen LogP contribution in [0, 0.1) is 0 Å². The van der Waals surface area contributed by atoms with Crippen molar-refractivity contribution in [1.29, 1.82) is 0 Å². The van der Waals surface area contributed by atoms with Crippen molar-refractivity contribution in [3.63, 3.8) is 0 Å². The van der Waals surface area contributed by atoms with E-state index in [9.17, 15) is 4.79 Å². The van der Waals surface area contributed by atoms with Gasteiger partial charge in [-0.2, -0.15) is 0 Å². The number of carbonyl (C=O) groups excluding carboxylic acids is 1. The van der Waals surface area contributed by atoms with Gasteiger partial charge in [-0.1, -0.05) is 6.07 Å². The van der Waals surface area contributed by atoms with Gasteiger partial charge in [0.15, 0.2) is 11.5 Å². The summed E-state index contributed by atoms with van der Waals surface area (Å²) in [6, 6.07) is 2.20. The van der Waals surface area contributed by atoms with Crippen LogP contribution in [-0.4, -0.2) is 18.6 Å². The molecule has 1 unspecified atom stereocenters. The number of ether oxygens (including phenoxy) is 2. The maximum Gasteiger partial charge on any atom is 0.315 e. The normalized spacial score (nSPS) is 21.1. The Morgan fingerprint density at radius 2 is 2.29 bits per heavy atom. The summed E-state index contributed by atoms with van der Waals surface area (Å²) in [5.41, 5.74) is 9.23. The summed E-state index contributed by atoms with van der Waals surface area (Å²) in [6.07, 6.45) is 2.00. The number of carbonyl (C=O) groups is 1. The highest BCUT2D eigenvalue weighted by Crippen LogP contribution is 2.43. The Bertz CT molecular complexity index is 496. The molecule has 4 nitrogen and oxygen atoms in total. The topological polar surface area (TPSA) is 61.5 Å². The maximum atomic E-state index is 11.3. The maximum absolute atomic E-state index is 11.3. The molecule has 2 N–H and O–H groups in total. The molecule has 4 heteroatoms. The van der Waals surface area contributed by atoms with Crippen molar-refractivity contribution in [3.8, 4) is 11.5 Å². The van der Waals surface area contributed by atoms with Crippen molar-refractivity contribution in [1.82, 2.24) is 0 Å². The quantitative estimate of drug-likeness (QED) is 0.611. The third kappa shape index (κ3) is 1.60. The molecule has 1 atom stereocenters. The molecule has 0 aromatic heterocycles. The molecule has 90 valence electrons. The van der Waals surface area contributed by atoms with Gasteiger partial charge in [0, 0.05) is 17.2 Å². The van der Waals surface area contributed by atoms with Gasteiger partial charge in [-0.3, -0.25) is 4.79 Å². The monoisotopic (exact) mass is 233 g/mol. The molecule has 1 aliphatic heterocycles. The van der Waals surface area contributed by atoms with Crippen molar-refractivity contribution in [2.45, 2.75) is 32.2 Å². The van der Waals surface area contributed by atoms with E-state index in [2.05, 4.69) is 0 Å². The molecule has 1 aromatic carbocycles. The summed E-state index contributed by atoms with van der Waals surface area (Å²) in [5.74, 6) is 1.15. The van der Waals surface area contributed by atoms with E-state index >= 15 is 0 Å². The van der Waals surface area contributed by atoms with Gasteiger partial charge in [0.1, 0.15) is 0 Å². The van der Waals surface area contributed by atoms with E-state index < -0.39 is 0 Å². The fourth-order valence-corrected chi connectivity index (χ4v) is 2.66. The van der Waals surface area contributed by atoms with E-state index in [1.165, 1.54) is 5.56 Å². The average Bonchev–Trinajstić information content (AvgIpc) is 2.79. The Balaban J connectivity index is 2.14. The lowest BCUT2D eigenvalue weighted by atomic mass is 10.0. The summed E-state index contributed by atoms with van der Waals surface area (Å²) < 4.78 is 10.9. The molecule has 0 saturated carbocycles. The van der Waals surface area contributed by atoms with E-state index in [4.69, 9.17) is 15.2 Å². The van der Waals surface area contributed by atoms with Gasteiger partial charge >= 0.3 is 5.97 Å². The predicted molar refractivity (Wildman–Crippen MR) is 62.3 cm³/mol. The van der Waals surface area contributed by atoms with Gasteiger partial charge in [0.05, 0.1) is 13.0 Å². The number of rotatable bonds is 2. The van der Waals surface area contributed by atoms with Gasteiger partial charge < -0.3 is 15.2 Å². The zero-order valence-electron chi connectivity index (χ0n) is 9.79. The smallest absolute Gasteiger partial charge is 0.315 e. The molecule has 0 amide bonds. The van der Waals surface area contributed by atoms with Crippen molar-refractivity contribution < 1.29 is 14.3 Å². The SMILES string of the molecule is CCOc1c2c(cc3c1OC(=O)C3)CC(N)C2. The largest absolute Gasteiger partial charge is 0.490 e. The van der Waals surface area contributed by atoms with Gasteiger partial charge in [0.2, 0.25) is 0 Å². The number of fused-ring (bicyclic) bond motifs is 2. The van der Waals surface area contributed by atoms with Crippen LogP contribution >= 0.6 is 0 Å². The van der Waals surface area contributed by atoms with Crippen LogP contribution in [0.5, 0.6) is 11.5 Å². The van der Waals surface area contributed by atoms with Gasteiger partial charge in [-0.05, 0) is 25.3 Å². The molecule has 1 aromatic rings. The second kappa shape index (κ2) is 3.74. The summed E-state index contributed by atoms with van der Waals surface area (Å²) in [6.45, 7) is 2.49. The van der Waals surface area contributed by atoms with Crippen molar-refractivity contribution in [3.05, 3.63) is 22.8 Å². The second-order valence-electron chi connectivity index (χ2n) is 4.58. The van der Waals surface area contributed by atoms with E-state index in [1.807, 2.05) is 13.0 Å². The highest BCUT2D eigenvalue weighted by atomic mass is 16.6. The van der Waals surface area contributed by atoms with Gasteiger partial charge in [0.25, 0.3) is 0 Å². The standard InChI is InChI=1S/C13H15NO3/c1-2-16-13-10-6-9(14)4-7(10)3-8-5-11(15)17-12(8)13/h3,9H,2,4-6,14H2,1H3. The molecular weight excluding hydrogens is 218 g/mol. The minimum Gasteiger partial charge on any atom is -0.490 e. The minimum atomic E-state index is -0.200. The Hall–Kier alpha value is -1.55. The van der Waals surface area contributed by atoms with E-state index in [1.54, 1.807) is 0 Å². The number of hydrogen-bond acceptors (Lipinski definition) is 4. The minimum absolute atomic E-state index is 0.155. The lowest BCUT2D eigenvalue weighted by Crippen LogP contribution is -2.19. The highest BCUT2D eigenvalue weighted by Gasteiger charge is 2.32. The fraction of sp³-hybridized carbons (Fsp3) is 0.462. The first-order valence-electron chi connectivity index (χ1n) is 5.95. The van der Waals surface area contributed by atoms with Crippen LogP contribution in [0.1, 0.15) is 23.6 Å². The predicted octanol–water partition coefficient (Wildman–Crippen LogP) is 0.973. The van der Waals surface area contributed by atoms with Crippen molar-refractivity contribution >= 4 is 5.97 Å². The van der Waals surface area contributed by atoms with Gasteiger partial charge in [-0.25, -0.2) is 0 Å². The molecule has 3 rings (SSSR count). The Morgan fingerprint density at radius 1 is 1.47 bits per heavy atom. The number of hydrogen-bond donors (Lipinski definition) is 1. The van der Waals surface area contributed by atoms with Crippen LogP contribution in [0.4, 0.5) is 0 Å². The number of nitrogens with two attached hydrogens (primary N) is 1. The van der Waals surface area contributed by atoms with Gasteiger partial charge in [-0.15, -0.1) is 0 Å². The van der Waals surface area contributed by atoms with Crippen LogP contribution in [0.25, 0.3) is 0 Å². The Labute approximate surface area is 99.7 Å². The molecule has 0 saturated heterocycles. The second-order valence-corrected chi connectivity index (χ2v) is 4.58. The number of esters is 1. The van der Waals surface area contributed by atoms with Crippen LogP contribution in [0.15, 0.2) is 6.07 Å². The fourth-order valence-electron chi connectivity index (χ4n) is 2.66. The van der Waals surface area contributed by atoms with E-state index in [-0.39, 0.29) is 12.0 Å². The molecule has 17 heavy (non-hydrogen) atoms. The molecule has 0 fully saturated rings. The molecule has 1 aliphatic carbocycles. The molecule has 0 spiro atoms. The van der Waals surface area contributed by atoms with Crippen molar-refractivity contribution in [2.24, 2.45) is 5.73 Å². The third-order valence-corrected chi connectivity index (χ3v) is 3.30. The summed E-state index contributed by atoms with van der Waals surface area (Å²) in [5, 5.41) is 0. The van der Waals surface area contributed by atoms with Crippen LogP contribution < -0.4 is 15.2 Å². The lowest BCUT2D eigenvalue weighted by molar-refractivity contribution is -0.131. The zero-order valence-corrected chi connectivity index (χ0v) is 9.79. The van der Waals surface area contributed by atoms with E-state index in [0.29, 0.717) is 18.8 Å². The van der Waals surface area contributed by atoms with Crippen LogP contribution in [0.3, 0.4) is 0 Å². The number of benzene rings is 1. The Kier molecular flexibility index (Phi) is 2.33. The first-order chi connectivity index (χ1) is 8.19. The molecule has 0 radical (unpaired) electrons. The Morgan fingerprint density at radius 3 is 3.06 bits per heavy atom. The first kappa shape index (κ1) is 10.6. The van der Waals surface area contributed by atoms with Crippen molar-refractivity contribution in [2.75, 3.05) is 6.61 Å².